The smallest absolute Gasteiger partial charge is 0.187 e. The van der Waals surface area contributed by atoms with E-state index in [2.05, 4.69) is 9.97 Å². The third kappa shape index (κ3) is 3.32. The van der Waals surface area contributed by atoms with Gasteiger partial charge in [-0.25, -0.2) is 9.97 Å². The van der Waals surface area contributed by atoms with E-state index < -0.39 is 0 Å². The Bertz CT molecular complexity index is 193. The van der Waals surface area contributed by atoms with Crippen molar-refractivity contribution in [3.8, 4) is 0 Å². The van der Waals surface area contributed by atoms with Gasteiger partial charge in [0, 0.05) is 18.1 Å². The van der Waals surface area contributed by atoms with Crippen LogP contribution in [0, 0.1) is 0 Å². The second-order valence-electron chi connectivity index (χ2n) is 1.92. The molecule has 1 heterocycles. The van der Waals surface area contributed by atoms with E-state index in [-0.39, 0.29) is 6.67 Å². The lowest BCUT2D eigenvalue weighted by atomic mass is 10.6. The van der Waals surface area contributed by atoms with Gasteiger partial charge in [0.1, 0.15) is 0 Å². The first kappa shape index (κ1) is 8.46. The van der Waals surface area contributed by atoms with E-state index in [1.807, 2.05) is 0 Å². The average molecular weight is 172 g/mol. The second-order valence-corrected chi connectivity index (χ2v) is 2.98. The molecule has 2 nitrogen and oxygen atoms in total. The molecule has 0 fully saturated rings. The lowest BCUT2D eigenvalue weighted by molar-refractivity contribution is 0.489. The first-order chi connectivity index (χ1) is 5.43. The van der Waals surface area contributed by atoms with Crippen LogP contribution >= 0.6 is 11.8 Å². The first-order valence-corrected chi connectivity index (χ1v) is 4.38. The quantitative estimate of drug-likeness (QED) is 0.394. The summed E-state index contributed by atoms with van der Waals surface area (Å²) in [6.07, 6.45) is 3.94. The van der Waals surface area contributed by atoms with E-state index >= 15 is 0 Å². The van der Waals surface area contributed by atoms with Crippen LogP contribution in [-0.4, -0.2) is 22.4 Å². The third-order valence-electron chi connectivity index (χ3n) is 1.05. The predicted octanol–water partition coefficient (Wildman–Crippen LogP) is 1.93. The van der Waals surface area contributed by atoms with E-state index in [1.165, 1.54) is 11.8 Å². The zero-order valence-electron chi connectivity index (χ0n) is 6.03. The van der Waals surface area contributed by atoms with Crippen LogP contribution in [-0.2, 0) is 0 Å². The summed E-state index contributed by atoms with van der Waals surface area (Å²) in [6, 6.07) is 1.76. The van der Waals surface area contributed by atoms with Crippen LogP contribution in [0.2, 0.25) is 0 Å². The van der Waals surface area contributed by atoms with Gasteiger partial charge in [-0.05, 0) is 12.5 Å². The Labute approximate surface area is 69.3 Å². The van der Waals surface area contributed by atoms with E-state index in [1.54, 1.807) is 18.5 Å². The summed E-state index contributed by atoms with van der Waals surface area (Å²) in [5.41, 5.74) is 0. The van der Waals surface area contributed by atoms with Crippen molar-refractivity contribution in [2.24, 2.45) is 0 Å². The standard InChI is InChI=1S/C7H9FN2S/c8-3-1-6-11-7-9-4-2-5-10-7/h2,4-5H,1,3,6H2. The fourth-order valence-corrected chi connectivity index (χ4v) is 1.28. The monoisotopic (exact) mass is 172 g/mol. The van der Waals surface area contributed by atoms with Crippen molar-refractivity contribution in [1.29, 1.82) is 0 Å². The number of halogens is 1. The molecule has 0 N–H and O–H groups in total. The summed E-state index contributed by atoms with van der Waals surface area (Å²) in [5.74, 6) is 0.751. The van der Waals surface area contributed by atoms with Crippen molar-refractivity contribution in [1.82, 2.24) is 9.97 Å². The summed E-state index contributed by atoms with van der Waals surface area (Å²) < 4.78 is 11.6. The Morgan fingerprint density at radius 3 is 2.73 bits per heavy atom. The minimum absolute atomic E-state index is 0.264. The molecule has 4 heteroatoms. The highest BCUT2D eigenvalue weighted by Crippen LogP contribution is 2.11. The highest BCUT2D eigenvalue weighted by Gasteiger charge is 1.93. The van der Waals surface area contributed by atoms with Gasteiger partial charge in [0.2, 0.25) is 0 Å². The van der Waals surface area contributed by atoms with Crippen LogP contribution < -0.4 is 0 Å². The minimum atomic E-state index is -0.264. The molecule has 0 aliphatic rings. The molecule has 0 amide bonds. The molecular weight excluding hydrogens is 163 g/mol. The van der Waals surface area contributed by atoms with Crippen LogP contribution in [0.1, 0.15) is 6.42 Å². The summed E-state index contributed by atoms with van der Waals surface area (Å²) >= 11 is 1.48. The van der Waals surface area contributed by atoms with Gasteiger partial charge in [-0.2, -0.15) is 0 Å². The molecule has 0 unspecified atom stereocenters. The number of rotatable bonds is 4. The minimum Gasteiger partial charge on any atom is -0.251 e. The number of hydrogen-bond donors (Lipinski definition) is 0. The zero-order chi connectivity index (χ0) is 7.94. The van der Waals surface area contributed by atoms with Gasteiger partial charge in [0.25, 0.3) is 0 Å². The normalized spacial score (nSPS) is 9.91. The Kier molecular flexibility index (Phi) is 3.90. The van der Waals surface area contributed by atoms with Gasteiger partial charge >= 0.3 is 0 Å². The molecule has 1 rings (SSSR count). The largest absolute Gasteiger partial charge is 0.251 e. The maximum Gasteiger partial charge on any atom is 0.187 e. The van der Waals surface area contributed by atoms with Crippen LogP contribution in [0.4, 0.5) is 4.39 Å². The average Bonchev–Trinajstić information content (AvgIpc) is 2.07. The second kappa shape index (κ2) is 5.07. The molecule has 1 aromatic rings. The molecule has 1 aromatic heterocycles. The molecule has 0 saturated heterocycles. The van der Waals surface area contributed by atoms with Gasteiger partial charge in [-0.3, -0.25) is 4.39 Å². The van der Waals surface area contributed by atoms with Gasteiger partial charge in [0.15, 0.2) is 5.16 Å². The topological polar surface area (TPSA) is 25.8 Å². The molecule has 0 aliphatic heterocycles. The fourth-order valence-electron chi connectivity index (χ4n) is 0.578. The van der Waals surface area contributed by atoms with Crippen molar-refractivity contribution in [3.05, 3.63) is 18.5 Å². The van der Waals surface area contributed by atoms with Crippen LogP contribution in [0.25, 0.3) is 0 Å². The Balaban J connectivity index is 2.28. The van der Waals surface area contributed by atoms with E-state index in [0.29, 0.717) is 6.42 Å². The van der Waals surface area contributed by atoms with Crippen molar-refractivity contribution in [3.63, 3.8) is 0 Å². The molecule has 0 spiro atoms. The highest BCUT2D eigenvalue weighted by molar-refractivity contribution is 7.99. The number of nitrogens with zero attached hydrogens (tertiary/aromatic N) is 2. The van der Waals surface area contributed by atoms with E-state index in [9.17, 15) is 4.39 Å². The Morgan fingerprint density at radius 1 is 1.36 bits per heavy atom. The number of thioether (sulfide) groups is 1. The Hall–Kier alpha value is -0.640. The predicted molar refractivity (Wildman–Crippen MR) is 43.3 cm³/mol. The summed E-state index contributed by atoms with van der Waals surface area (Å²) in [7, 11) is 0. The number of hydrogen-bond acceptors (Lipinski definition) is 3. The van der Waals surface area contributed by atoms with Gasteiger partial charge in [-0.1, -0.05) is 11.8 Å². The van der Waals surface area contributed by atoms with E-state index in [4.69, 9.17) is 0 Å². The van der Waals surface area contributed by atoms with Gasteiger partial charge in [0.05, 0.1) is 6.67 Å². The maximum atomic E-state index is 11.6. The van der Waals surface area contributed by atoms with Gasteiger partial charge < -0.3 is 0 Å². The molecule has 0 radical (unpaired) electrons. The first-order valence-electron chi connectivity index (χ1n) is 3.39. The van der Waals surface area contributed by atoms with E-state index in [0.717, 1.165) is 10.9 Å². The zero-order valence-corrected chi connectivity index (χ0v) is 6.85. The van der Waals surface area contributed by atoms with Crippen LogP contribution in [0.3, 0.4) is 0 Å². The fraction of sp³-hybridized carbons (Fsp3) is 0.429. The van der Waals surface area contributed by atoms with Crippen molar-refractivity contribution < 1.29 is 4.39 Å². The highest BCUT2D eigenvalue weighted by atomic mass is 32.2. The van der Waals surface area contributed by atoms with Crippen molar-refractivity contribution in [2.45, 2.75) is 11.6 Å². The maximum absolute atomic E-state index is 11.6. The molecule has 0 aliphatic carbocycles. The van der Waals surface area contributed by atoms with Crippen LogP contribution in [0.5, 0.6) is 0 Å². The lowest BCUT2D eigenvalue weighted by Crippen LogP contribution is -1.86. The molecule has 0 atom stereocenters. The lowest BCUT2D eigenvalue weighted by Gasteiger charge is -1.94. The molecular formula is C7H9FN2S. The SMILES string of the molecule is FCCCSc1ncccn1. The summed E-state index contributed by atoms with van der Waals surface area (Å²) in [6.45, 7) is -0.264. The number of alkyl halides is 1. The molecule has 0 aromatic carbocycles. The number of aromatic nitrogens is 2. The summed E-state index contributed by atoms with van der Waals surface area (Å²) in [5, 5.41) is 0.723. The van der Waals surface area contributed by atoms with Gasteiger partial charge in [-0.15, -0.1) is 0 Å². The summed E-state index contributed by atoms with van der Waals surface area (Å²) in [4.78, 5) is 7.96. The molecule has 60 valence electrons. The molecule has 0 bridgehead atoms. The van der Waals surface area contributed by atoms with Crippen molar-refractivity contribution in [2.75, 3.05) is 12.4 Å². The molecule has 11 heavy (non-hydrogen) atoms. The third-order valence-corrected chi connectivity index (χ3v) is 2.01. The molecule has 0 saturated carbocycles. The Morgan fingerprint density at radius 2 is 2.09 bits per heavy atom. The van der Waals surface area contributed by atoms with Crippen LogP contribution in [0.15, 0.2) is 23.6 Å². The van der Waals surface area contributed by atoms with Crippen molar-refractivity contribution >= 4 is 11.8 Å².